The molecule has 4 amide bonds. The van der Waals surface area contributed by atoms with Crippen LogP contribution in [-0.4, -0.2) is 83.9 Å². The number of hydrogen-bond donors (Lipinski definition) is 5. The molecule has 0 bridgehead atoms. The van der Waals surface area contributed by atoms with Gasteiger partial charge in [0, 0.05) is 56.1 Å². The maximum Gasteiger partial charge on any atom is 0.300 e. The van der Waals surface area contributed by atoms with Gasteiger partial charge in [-0.2, -0.15) is 15.4 Å². The number of nitrogens with zero attached hydrogens (tertiary/aromatic N) is 11. The largest absolute Gasteiger partial charge is 0.459 e. The monoisotopic (exact) mass is 1510 g/mol. The number of halogens is 6. The number of aromatic nitrogens is 12. The molecule has 0 unspecified atom stereocenters. The number of carbonyl (C=O) groups excluding carboxylic acids is 4. The van der Waals surface area contributed by atoms with Crippen LogP contribution in [0.3, 0.4) is 0 Å². The molecule has 0 aliphatic rings. The van der Waals surface area contributed by atoms with E-state index in [1.165, 1.54) is 18.4 Å². The van der Waals surface area contributed by atoms with Crippen molar-refractivity contribution in [3.8, 4) is 56.9 Å². The van der Waals surface area contributed by atoms with Crippen LogP contribution in [0.15, 0.2) is 242 Å². The number of anilines is 4. The Morgan fingerprint density at radius 3 is 1.17 bits per heavy atom. The number of amides is 4. The molecule has 7 aromatic heterocycles. The normalized spacial score (nSPS) is 10.7. The van der Waals surface area contributed by atoms with Gasteiger partial charge in [-0.25, -0.2) is 24.9 Å². The summed E-state index contributed by atoms with van der Waals surface area (Å²) in [6.07, 6.45) is 8.15. The number of pyridine rings is 1. The second-order valence-electron chi connectivity index (χ2n) is 22.9. The first-order valence-electron chi connectivity index (χ1n) is 31.9. The maximum absolute atomic E-state index is 12.7. The molecule has 0 saturated heterocycles. The molecular weight excluding hydrogens is 1470 g/mol. The Balaban J connectivity index is 0.000000126. The molecule has 16 aromatic rings. The molecule has 9 aromatic carbocycles. The van der Waals surface area contributed by atoms with E-state index in [-0.39, 0.29) is 39.4 Å². The fourth-order valence-corrected chi connectivity index (χ4v) is 11.9. The van der Waals surface area contributed by atoms with Crippen molar-refractivity contribution in [2.24, 2.45) is 0 Å². The summed E-state index contributed by atoms with van der Waals surface area (Å²) in [5, 5.41) is 24.0. The highest BCUT2D eigenvalue weighted by Crippen LogP contribution is 2.35. The summed E-state index contributed by atoms with van der Waals surface area (Å²) in [5.41, 5.74) is 16.7. The van der Waals surface area contributed by atoms with Crippen LogP contribution < -0.4 is 21.3 Å². The van der Waals surface area contributed by atoms with Gasteiger partial charge in [0.25, 0.3) is 23.6 Å². The van der Waals surface area contributed by atoms with Gasteiger partial charge in [-0.3, -0.25) is 39.1 Å². The van der Waals surface area contributed by atoms with E-state index in [4.69, 9.17) is 74.0 Å². The molecule has 21 nitrogen and oxygen atoms in total. The number of aromatic amines is 1. The van der Waals surface area contributed by atoms with Crippen LogP contribution in [0.2, 0.25) is 30.4 Å². The Morgan fingerprint density at radius 2 is 0.774 bits per heavy atom. The molecule has 5 N–H and O–H groups in total. The molecule has 106 heavy (non-hydrogen) atoms. The lowest BCUT2D eigenvalue weighted by Gasteiger charge is -2.10. The van der Waals surface area contributed by atoms with Crippen LogP contribution in [0.4, 0.5) is 22.7 Å². The Morgan fingerprint density at radius 1 is 0.387 bits per heavy atom. The van der Waals surface area contributed by atoms with Gasteiger partial charge in [0.15, 0.2) is 5.76 Å². The lowest BCUT2D eigenvalue weighted by molar-refractivity contribution is -0.111. The van der Waals surface area contributed by atoms with Crippen LogP contribution >= 0.6 is 69.6 Å². The predicted octanol–water partition coefficient (Wildman–Crippen LogP) is 19.4. The van der Waals surface area contributed by atoms with E-state index < -0.39 is 5.91 Å². The minimum Gasteiger partial charge on any atom is -0.459 e. The van der Waals surface area contributed by atoms with Crippen LogP contribution in [0.1, 0.15) is 43.8 Å². The molecule has 0 atom stereocenters. The molecule has 0 aliphatic carbocycles. The molecule has 518 valence electrons. The molecular formula is C79H50Cl6N16O5. The van der Waals surface area contributed by atoms with Gasteiger partial charge >= 0.3 is 0 Å². The first kappa shape index (κ1) is 71.7. The average Bonchev–Trinajstić information content (AvgIpc) is 0.948. The molecule has 0 fully saturated rings. The number of nitrogens with one attached hydrogen (secondary N) is 5. The minimum absolute atomic E-state index is 0.0274. The van der Waals surface area contributed by atoms with Crippen LogP contribution in [-0.2, 0) is 4.79 Å². The van der Waals surface area contributed by atoms with Crippen molar-refractivity contribution in [3.05, 3.63) is 290 Å². The zero-order valence-corrected chi connectivity index (χ0v) is 59.8. The number of hydrogen-bond acceptors (Lipinski definition) is 16. The number of fused-ring (bicyclic) bond motifs is 5. The van der Waals surface area contributed by atoms with Crippen molar-refractivity contribution in [3.63, 3.8) is 0 Å². The number of carbonyl (C=O) groups is 4. The van der Waals surface area contributed by atoms with E-state index in [1.54, 1.807) is 129 Å². The summed E-state index contributed by atoms with van der Waals surface area (Å²) in [4.78, 5) is 89.0. The molecule has 0 saturated carbocycles. The van der Waals surface area contributed by atoms with Crippen molar-refractivity contribution in [2.75, 3.05) is 21.3 Å². The molecule has 27 heteroatoms. The number of aryl methyl sites for hydroxylation is 1. The quantitative estimate of drug-likeness (QED) is 0.0594. The van der Waals surface area contributed by atoms with E-state index >= 15 is 0 Å². The summed E-state index contributed by atoms with van der Waals surface area (Å²) in [7, 11) is 0. The van der Waals surface area contributed by atoms with Gasteiger partial charge in [-0.1, -0.05) is 124 Å². The molecule has 0 aliphatic heterocycles. The number of rotatable bonds is 11. The Hall–Kier alpha value is -12.7. The lowest BCUT2D eigenvalue weighted by atomic mass is 10.1. The average molecular weight is 1520 g/mol. The summed E-state index contributed by atoms with van der Waals surface area (Å²) < 4.78 is 5.22. The summed E-state index contributed by atoms with van der Waals surface area (Å²) >= 11 is 37.1. The van der Waals surface area contributed by atoms with Gasteiger partial charge < -0.3 is 25.7 Å². The van der Waals surface area contributed by atoms with Gasteiger partial charge in [0.2, 0.25) is 0 Å². The topological polar surface area (TPSA) is 287 Å². The highest BCUT2D eigenvalue weighted by atomic mass is 35.5. The predicted molar refractivity (Wildman–Crippen MR) is 417 cm³/mol. The zero-order valence-electron chi connectivity index (χ0n) is 55.2. The van der Waals surface area contributed by atoms with Crippen LogP contribution in [0, 0.1) is 18.8 Å². The Kier molecular flexibility index (Phi) is 22.2. The van der Waals surface area contributed by atoms with E-state index in [9.17, 15) is 19.2 Å². The minimum atomic E-state index is -0.410. The first-order chi connectivity index (χ1) is 51.5. The van der Waals surface area contributed by atoms with Crippen LogP contribution in [0.25, 0.3) is 100 Å². The van der Waals surface area contributed by atoms with E-state index in [2.05, 4.69) is 93.4 Å². The Bertz CT molecular complexity index is 6150. The van der Waals surface area contributed by atoms with E-state index in [0.717, 1.165) is 49.7 Å². The van der Waals surface area contributed by atoms with Gasteiger partial charge in [0.05, 0.1) is 124 Å². The summed E-state index contributed by atoms with van der Waals surface area (Å²) in [5.74, 6) is 3.92. The number of para-hydroxylation sites is 8. The smallest absolute Gasteiger partial charge is 0.300 e. The van der Waals surface area contributed by atoms with E-state index in [1.807, 2.05) is 104 Å². The number of H-pyrrole nitrogens is 1. The zero-order chi connectivity index (χ0) is 73.8. The van der Waals surface area contributed by atoms with E-state index in [0.29, 0.717) is 104 Å². The maximum atomic E-state index is 12.7. The van der Waals surface area contributed by atoms with Gasteiger partial charge in [0.1, 0.15) is 21.3 Å². The third-order valence-electron chi connectivity index (χ3n) is 15.7. The second-order valence-corrected chi connectivity index (χ2v) is 25.3. The summed E-state index contributed by atoms with van der Waals surface area (Å²) in [6.45, 7) is 3.42. The van der Waals surface area contributed by atoms with Crippen LogP contribution in [0.5, 0.6) is 0 Å². The fraction of sp³-hybridized carbons (Fsp3) is 0.0253. The van der Waals surface area contributed by atoms with Crippen molar-refractivity contribution in [1.82, 2.24) is 60.3 Å². The van der Waals surface area contributed by atoms with Crippen molar-refractivity contribution in [2.45, 2.75) is 13.8 Å². The highest BCUT2D eigenvalue weighted by Gasteiger charge is 2.19. The standard InChI is InChI=1S/C21H13ClN6O.C20H11Cl3N4O.C20H14ClN3O2.C18H12ClN3O/c22-15-7-6-13(24-21(29)12-5-8-18-19(9-12)27-28-26-18)10-14(15)20-11-23-16-3-1-2-4-17(16)25-20;21-14-7-5-11(25-20(28)12-6-8-18(22)27-19(12)23)9-13(14)17-10-24-15-3-1-2-4-16(15)26-17;1-12-8-9-26-19(12)20(25)23-13-6-7-15(21)14(10-13)18-11-22-16-4-2-3-5-17(16)24-18;1-2-5-18(23)21-12-8-9-14(19)13(10-12)17-11-20-15-6-3-4-7-16(15)22-17/h1-11H,(H,24,29)(H,26,27,28);1-10H,(H,25,28);2-11H,1H3,(H,23,25);3-4,6-11H,1H3,(H,21,23). The molecule has 0 spiro atoms. The fourth-order valence-electron chi connectivity index (χ4n) is 10.6. The van der Waals surface area contributed by atoms with Gasteiger partial charge in [-0.15, -0.1) is 0 Å². The molecule has 0 radical (unpaired) electrons. The SMILES string of the molecule is CC#CC(=O)Nc1ccc(Cl)c(-c2cnc3ccccc3n2)c1.Cc1ccoc1C(=O)Nc1ccc(Cl)c(-c2cnc3ccccc3n2)c1.O=C(Nc1ccc(Cl)c(-c2cnc3ccccc3n2)c1)c1ccc(Cl)nc1Cl.O=C(Nc1ccc(Cl)c(-c2cnc3ccccc3n2)c1)c1ccc2n[nH]nc2c1. The first-order valence-corrected chi connectivity index (χ1v) is 34.2. The van der Waals surface area contributed by atoms with Crippen molar-refractivity contribution < 1.29 is 23.6 Å². The highest BCUT2D eigenvalue weighted by molar-refractivity contribution is 6.36. The third kappa shape index (κ3) is 17.2. The molecule has 16 rings (SSSR count). The lowest BCUT2D eigenvalue weighted by Crippen LogP contribution is -2.13. The Labute approximate surface area is 632 Å². The molecule has 7 heterocycles. The number of furan rings is 1. The van der Waals surface area contributed by atoms with Gasteiger partial charge in [-0.05, 0) is 177 Å². The van der Waals surface area contributed by atoms with Crippen molar-refractivity contribution in [1.29, 1.82) is 0 Å². The number of benzene rings is 9. The second kappa shape index (κ2) is 32.8. The third-order valence-corrected chi connectivity index (χ3v) is 17.6. The van der Waals surface area contributed by atoms with Crippen molar-refractivity contribution >= 4 is 171 Å². The summed E-state index contributed by atoms with van der Waals surface area (Å²) in [6, 6.07) is 61.0.